The molecule has 0 saturated carbocycles. The summed E-state index contributed by atoms with van der Waals surface area (Å²) in [6, 6.07) is 14.5. The van der Waals surface area contributed by atoms with E-state index in [-0.39, 0.29) is 11.5 Å². The van der Waals surface area contributed by atoms with Crippen molar-refractivity contribution in [2.45, 2.75) is 44.6 Å². The van der Waals surface area contributed by atoms with E-state index in [0.717, 1.165) is 30.7 Å². The Bertz CT molecular complexity index is 666. The van der Waals surface area contributed by atoms with Crippen LogP contribution in [-0.4, -0.2) is 24.7 Å². The van der Waals surface area contributed by atoms with Crippen LogP contribution in [0.2, 0.25) is 0 Å². The molecule has 1 saturated heterocycles. The minimum Gasteiger partial charge on any atom is -0.376 e. The summed E-state index contributed by atoms with van der Waals surface area (Å²) in [5.74, 6) is 1.08. The third-order valence-corrected chi connectivity index (χ3v) is 5.89. The smallest absolute Gasteiger partial charge is 0.261 e. The first-order valence-electron chi connectivity index (χ1n) is 9.06. The fourth-order valence-corrected chi connectivity index (χ4v) is 4.47. The highest BCUT2D eigenvalue weighted by molar-refractivity contribution is 7.12. The van der Waals surface area contributed by atoms with Crippen molar-refractivity contribution in [3.8, 4) is 0 Å². The molecule has 2 aromatic rings. The fraction of sp³-hybridized carbons (Fsp3) is 0.476. The SMILES string of the molecule is CC1(C)C[C@H]([C@@H](CCNC(=O)c2cccs2)c2ccccc2)CCO1. The first kappa shape index (κ1) is 18.2. The minimum absolute atomic E-state index is 0.0362. The van der Waals surface area contributed by atoms with E-state index in [0.29, 0.717) is 18.4 Å². The molecule has 134 valence electrons. The van der Waals surface area contributed by atoms with Crippen LogP contribution in [0, 0.1) is 5.92 Å². The number of rotatable bonds is 6. The average Bonchev–Trinajstić information content (AvgIpc) is 3.13. The Morgan fingerprint density at radius 2 is 2.08 bits per heavy atom. The van der Waals surface area contributed by atoms with Gasteiger partial charge in [0.1, 0.15) is 0 Å². The number of ether oxygens (including phenoxy) is 1. The molecule has 0 bridgehead atoms. The average molecular weight is 358 g/mol. The standard InChI is InChI=1S/C21H27NO2S/c1-21(2)15-17(11-13-24-21)18(16-7-4-3-5-8-16)10-12-22-20(23)19-9-6-14-25-19/h3-9,14,17-18H,10-13,15H2,1-2H3,(H,22,23)/t17-,18+/m1/s1. The van der Waals surface area contributed by atoms with E-state index in [1.807, 2.05) is 17.5 Å². The zero-order valence-electron chi connectivity index (χ0n) is 15.0. The van der Waals surface area contributed by atoms with Gasteiger partial charge in [-0.3, -0.25) is 4.79 Å². The molecule has 0 unspecified atom stereocenters. The second kappa shape index (κ2) is 8.15. The topological polar surface area (TPSA) is 38.3 Å². The molecule has 1 amide bonds. The van der Waals surface area contributed by atoms with Gasteiger partial charge in [0.15, 0.2) is 0 Å². The van der Waals surface area contributed by atoms with E-state index < -0.39 is 0 Å². The second-order valence-electron chi connectivity index (χ2n) is 7.40. The quantitative estimate of drug-likeness (QED) is 0.802. The zero-order chi connectivity index (χ0) is 17.7. The molecule has 3 rings (SSSR count). The molecule has 25 heavy (non-hydrogen) atoms. The third kappa shape index (κ3) is 4.93. The van der Waals surface area contributed by atoms with E-state index in [1.165, 1.54) is 16.9 Å². The van der Waals surface area contributed by atoms with Crippen LogP contribution >= 0.6 is 11.3 Å². The van der Waals surface area contributed by atoms with Crippen LogP contribution in [-0.2, 0) is 4.74 Å². The predicted octanol–water partition coefficient (Wildman–Crippen LogP) is 4.86. The molecule has 2 atom stereocenters. The number of carbonyl (C=O) groups excluding carboxylic acids is 1. The van der Waals surface area contributed by atoms with Gasteiger partial charge < -0.3 is 10.1 Å². The van der Waals surface area contributed by atoms with Crippen molar-refractivity contribution in [3.05, 3.63) is 58.3 Å². The van der Waals surface area contributed by atoms with Crippen LogP contribution < -0.4 is 5.32 Å². The summed E-state index contributed by atoms with van der Waals surface area (Å²) in [6.45, 7) is 5.89. The summed E-state index contributed by atoms with van der Waals surface area (Å²) in [6.07, 6.45) is 3.11. The highest BCUT2D eigenvalue weighted by Gasteiger charge is 2.33. The first-order chi connectivity index (χ1) is 12.1. The van der Waals surface area contributed by atoms with E-state index in [9.17, 15) is 4.79 Å². The highest BCUT2D eigenvalue weighted by Crippen LogP contribution is 2.39. The van der Waals surface area contributed by atoms with Gasteiger partial charge in [-0.1, -0.05) is 36.4 Å². The maximum atomic E-state index is 12.2. The Kier molecular flexibility index (Phi) is 5.92. The predicted molar refractivity (Wildman–Crippen MR) is 103 cm³/mol. The van der Waals surface area contributed by atoms with Crippen LogP contribution in [0.1, 0.15) is 54.3 Å². The lowest BCUT2D eigenvalue weighted by molar-refractivity contribution is -0.0771. The monoisotopic (exact) mass is 357 g/mol. The number of benzene rings is 1. The highest BCUT2D eigenvalue weighted by atomic mass is 32.1. The van der Waals surface area contributed by atoms with E-state index >= 15 is 0 Å². The molecule has 0 spiro atoms. The lowest BCUT2D eigenvalue weighted by atomic mass is 9.75. The molecule has 3 nitrogen and oxygen atoms in total. The summed E-state index contributed by atoms with van der Waals surface area (Å²) in [4.78, 5) is 13.0. The van der Waals surface area contributed by atoms with Gasteiger partial charge in [0.2, 0.25) is 0 Å². The zero-order valence-corrected chi connectivity index (χ0v) is 15.9. The van der Waals surface area contributed by atoms with E-state index in [1.54, 1.807) is 0 Å². The van der Waals surface area contributed by atoms with Gasteiger partial charge in [0, 0.05) is 13.2 Å². The van der Waals surface area contributed by atoms with Gasteiger partial charge in [0.05, 0.1) is 10.5 Å². The van der Waals surface area contributed by atoms with Gasteiger partial charge in [-0.05, 0) is 62.0 Å². The molecule has 1 aromatic carbocycles. The molecule has 1 N–H and O–H groups in total. The number of amides is 1. The van der Waals surface area contributed by atoms with Crippen molar-refractivity contribution in [1.29, 1.82) is 0 Å². The third-order valence-electron chi connectivity index (χ3n) is 5.02. The number of carbonyl (C=O) groups is 1. The van der Waals surface area contributed by atoms with Crippen LogP contribution in [0.4, 0.5) is 0 Å². The molecule has 1 aromatic heterocycles. The maximum absolute atomic E-state index is 12.2. The maximum Gasteiger partial charge on any atom is 0.261 e. The van der Waals surface area contributed by atoms with Crippen LogP contribution in [0.3, 0.4) is 0 Å². The van der Waals surface area contributed by atoms with Crippen LogP contribution in [0.25, 0.3) is 0 Å². The second-order valence-corrected chi connectivity index (χ2v) is 8.35. The molecule has 2 heterocycles. The summed E-state index contributed by atoms with van der Waals surface area (Å²) in [7, 11) is 0. The fourth-order valence-electron chi connectivity index (χ4n) is 3.83. The number of nitrogens with one attached hydrogen (secondary N) is 1. The van der Waals surface area contributed by atoms with Gasteiger partial charge in [-0.25, -0.2) is 0 Å². The lowest BCUT2D eigenvalue weighted by Gasteiger charge is -2.39. The summed E-state index contributed by atoms with van der Waals surface area (Å²) in [5, 5.41) is 5.02. The summed E-state index contributed by atoms with van der Waals surface area (Å²) < 4.78 is 5.90. The van der Waals surface area contributed by atoms with Crippen LogP contribution in [0.5, 0.6) is 0 Å². The van der Waals surface area contributed by atoms with Gasteiger partial charge in [-0.15, -0.1) is 11.3 Å². The number of hydrogen-bond donors (Lipinski definition) is 1. The molecular weight excluding hydrogens is 330 g/mol. The number of thiophene rings is 1. The lowest BCUT2D eigenvalue weighted by Crippen LogP contribution is -2.37. The van der Waals surface area contributed by atoms with Crippen molar-refractivity contribution in [2.24, 2.45) is 5.92 Å². The largest absolute Gasteiger partial charge is 0.376 e. The van der Waals surface area contributed by atoms with Crippen molar-refractivity contribution < 1.29 is 9.53 Å². The number of hydrogen-bond acceptors (Lipinski definition) is 3. The molecule has 0 radical (unpaired) electrons. The van der Waals surface area contributed by atoms with Crippen molar-refractivity contribution >= 4 is 17.2 Å². The Morgan fingerprint density at radius 1 is 1.28 bits per heavy atom. The molecule has 0 aliphatic carbocycles. The van der Waals surface area contributed by atoms with Crippen LogP contribution in [0.15, 0.2) is 47.8 Å². The first-order valence-corrected chi connectivity index (χ1v) is 9.94. The normalized spacial score (nSPS) is 20.8. The van der Waals surface area contributed by atoms with Crippen molar-refractivity contribution in [3.63, 3.8) is 0 Å². The Hall–Kier alpha value is -1.65. The Balaban J connectivity index is 1.66. The summed E-state index contributed by atoms with van der Waals surface area (Å²) in [5.41, 5.74) is 1.31. The van der Waals surface area contributed by atoms with E-state index in [4.69, 9.17) is 4.74 Å². The van der Waals surface area contributed by atoms with Gasteiger partial charge >= 0.3 is 0 Å². The van der Waals surface area contributed by atoms with Gasteiger partial charge in [-0.2, -0.15) is 0 Å². The Labute approximate surface area is 154 Å². The Morgan fingerprint density at radius 3 is 2.76 bits per heavy atom. The molecule has 1 fully saturated rings. The minimum atomic E-state index is -0.0594. The van der Waals surface area contributed by atoms with Gasteiger partial charge in [0.25, 0.3) is 5.91 Å². The van der Waals surface area contributed by atoms with Crippen molar-refractivity contribution in [2.75, 3.05) is 13.2 Å². The molecule has 1 aliphatic rings. The van der Waals surface area contributed by atoms with E-state index in [2.05, 4.69) is 49.5 Å². The molecule has 4 heteroatoms. The molecular formula is C21H27NO2S. The van der Waals surface area contributed by atoms with Crippen molar-refractivity contribution in [1.82, 2.24) is 5.32 Å². The summed E-state index contributed by atoms with van der Waals surface area (Å²) >= 11 is 1.49. The molecule has 1 aliphatic heterocycles.